The summed E-state index contributed by atoms with van der Waals surface area (Å²) >= 11 is 0. The maximum atomic E-state index is 12.8. The maximum absolute atomic E-state index is 12.8. The summed E-state index contributed by atoms with van der Waals surface area (Å²) in [7, 11) is -3.68. The zero-order valence-corrected chi connectivity index (χ0v) is 16.3. The summed E-state index contributed by atoms with van der Waals surface area (Å²) in [5.74, 6) is -0.545. The van der Waals surface area contributed by atoms with E-state index in [4.69, 9.17) is 0 Å². The average Bonchev–Trinajstić information content (AvgIpc) is 2.62. The quantitative estimate of drug-likeness (QED) is 0.747. The lowest BCUT2D eigenvalue weighted by Crippen LogP contribution is -2.30. The standard InChI is InChI=1S/C19H21F3N2O3S/c1-3-24(4-2)28(26,27)17-10-6-9-16(13-17)23-18(25)12-14-7-5-8-15(11-14)19(20,21)22/h5-11,13H,3-4,12H2,1-2H3,(H,23,25). The van der Waals surface area contributed by atoms with E-state index in [2.05, 4.69) is 5.32 Å². The minimum Gasteiger partial charge on any atom is -0.326 e. The van der Waals surface area contributed by atoms with Gasteiger partial charge in [0.1, 0.15) is 0 Å². The molecule has 28 heavy (non-hydrogen) atoms. The number of hydrogen-bond donors (Lipinski definition) is 1. The van der Waals surface area contributed by atoms with Crippen LogP contribution in [0.5, 0.6) is 0 Å². The lowest BCUT2D eigenvalue weighted by Gasteiger charge is -2.18. The molecule has 0 saturated carbocycles. The molecule has 0 aromatic heterocycles. The molecule has 152 valence electrons. The fraction of sp³-hybridized carbons (Fsp3) is 0.316. The minimum atomic E-state index is -4.49. The van der Waals surface area contributed by atoms with Gasteiger partial charge in [-0.25, -0.2) is 8.42 Å². The zero-order valence-electron chi connectivity index (χ0n) is 15.5. The molecule has 0 aliphatic heterocycles. The fourth-order valence-electron chi connectivity index (χ4n) is 2.70. The second-order valence-corrected chi connectivity index (χ2v) is 7.98. The molecule has 9 heteroatoms. The summed E-state index contributed by atoms with van der Waals surface area (Å²) in [5, 5.41) is 2.53. The average molecular weight is 414 g/mol. The predicted octanol–water partition coefficient (Wildman–Crippen LogP) is 3.92. The molecule has 0 aliphatic carbocycles. The molecule has 0 aliphatic rings. The van der Waals surface area contributed by atoms with E-state index < -0.39 is 27.7 Å². The monoisotopic (exact) mass is 414 g/mol. The Morgan fingerprint density at radius 1 is 1.04 bits per heavy atom. The van der Waals surface area contributed by atoms with Crippen LogP contribution in [0.15, 0.2) is 53.4 Å². The molecule has 0 radical (unpaired) electrons. The van der Waals surface area contributed by atoms with Crippen LogP contribution in [0.2, 0.25) is 0 Å². The molecule has 1 amide bonds. The number of anilines is 1. The number of carbonyl (C=O) groups excluding carboxylic acids is 1. The van der Waals surface area contributed by atoms with Crippen LogP contribution < -0.4 is 5.32 Å². The molecule has 0 spiro atoms. The van der Waals surface area contributed by atoms with Gasteiger partial charge in [0.05, 0.1) is 16.9 Å². The van der Waals surface area contributed by atoms with Gasteiger partial charge in [-0.15, -0.1) is 0 Å². The lowest BCUT2D eigenvalue weighted by molar-refractivity contribution is -0.137. The molecule has 0 bridgehead atoms. The summed E-state index contributed by atoms with van der Waals surface area (Å²) < 4.78 is 64.7. The molecule has 1 N–H and O–H groups in total. The normalized spacial score (nSPS) is 12.2. The predicted molar refractivity (Wildman–Crippen MR) is 100 cm³/mol. The number of rotatable bonds is 7. The summed E-state index contributed by atoms with van der Waals surface area (Å²) in [4.78, 5) is 12.2. The van der Waals surface area contributed by atoms with Crippen LogP contribution in [0.3, 0.4) is 0 Å². The third kappa shape index (κ3) is 5.32. The zero-order chi connectivity index (χ0) is 20.9. The number of benzene rings is 2. The van der Waals surface area contributed by atoms with Gasteiger partial charge >= 0.3 is 6.18 Å². The Morgan fingerprint density at radius 3 is 2.29 bits per heavy atom. The van der Waals surface area contributed by atoms with Gasteiger partial charge in [0.15, 0.2) is 0 Å². The van der Waals surface area contributed by atoms with E-state index >= 15 is 0 Å². The molecular formula is C19H21F3N2O3S. The Morgan fingerprint density at radius 2 is 1.68 bits per heavy atom. The Labute approximate surface area is 162 Å². The van der Waals surface area contributed by atoms with Crippen molar-refractivity contribution in [3.05, 3.63) is 59.7 Å². The lowest BCUT2D eigenvalue weighted by atomic mass is 10.1. The van der Waals surface area contributed by atoms with Gasteiger partial charge in [-0.1, -0.05) is 38.1 Å². The molecule has 5 nitrogen and oxygen atoms in total. The third-order valence-corrected chi connectivity index (χ3v) is 6.13. The van der Waals surface area contributed by atoms with Gasteiger partial charge in [0.25, 0.3) is 0 Å². The SMILES string of the molecule is CCN(CC)S(=O)(=O)c1cccc(NC(=O)Cc2cccc(C(F)(F)F)c2)c1. The highest BCUT2D eigenvalue weighted by Crippen LogP contribution is 2.29. The van der Waals surface area contributed by atoms with E-state index in [1.807, 2.05) is 0 Å². The number of alkyl halides is 3. The van der Waals surface area contributed by atoms with Crippen molar-refractivity contribution >= 4 is 21.6 Å². The van der Waals surface area contributed by atoms with Gasteiger partial charge in [-0.3, -0.25) is 4.79 Å². The summed E-state index contributed by atoms with van der Waals surface area (Å²) in [5.41, 5.74) is -0.366. The first kappa shape index (κ1) is 21.9. The molecule has 0 unspecified atom stereocenters. The topological polar surface area (TPSA) is 66.5 Å². The number of halogens is 3. The molecule has 0 heterocycles. The van der Waals surface area contributed by atoms with E-state index in [0.717, 1.165) is 12.1 Å². The number of sulfonamides is 1. The summed E-state index contributed by atoms with van der Waals surface area (Å²) in [6, 6.07) is 10.3. The first-order valence-corrected chi connectivity index (χ1v) is 10.1. The van der Waals surface area contributed by atoms with Gasteiger partial charge in [0.2, 0.25) is 15.9 Å². The van der Waals surface area contributed by atoms with Crippen molar-refractivity contribution in [3.8, 4) is 0 Å². The highest BCUT2D eigenvalue weighted by molar-refractivity contribution is 7.89. The Kier molecular flexibility index (Phi) is 6.84. The molecule has 0 fully saturated rings. The highest BCUT2D eigenvalue weighted by Gasteiger charge is 2.30. The van der Waals surface area contributed by atoms with E-state index in [1.165, 1.54) is 40.7 Å². The molecule has 2 aromatic rings. The van der Waals surface area contributed by atoms with E-state index in [9.17, 15) is 26.4 Å². The minimum absolute atomic E-state index is 0.0352. The summed E-state index contributed by atoms with van der Waals surface area (Å²) in [6.07, 6.45) is -4.75. The van der Waals surface area contributed by atoms with Gasteiger partial charge in [-0.05, 0) is 29.8 Å². The molecule has 0 atom stereocenters. The number of carbonyl (C=O) groups is 1. The molecule has 0 saturated heterocycles. The van der Waals surface area contributed by atoms with Crippen molar-refractivity contribution in [2.24, 2.45) is 0 Å². The Balaban J connectivity index is 2.16. The van der Waals surface area contributed by atoms with Crippen LogP contribution >= 0.6 is 0 Å². The molecule has 2 aromatic carbocycles. The van der Waals surface area contributed by atoms with Crippen molar-refractivity contribution < 1.29 is 26.4 Å². The number of nitrogens with one attached hydrogen (secondary N) is 1. The van der Waals surface area contributed by atoms with Crippen molar-refractivity contribution in [1.82, 2.24) is 4.31 Å². The number of amides is 1. The van der Waals surface area contributed by atoms with Crippen LogP contribution in [0.25, 0.3) is 0 Å². The van der Waals surface area contributed by atoms with Gasteiger partial charge in [0, 0.05) is 18.8 Å². The van der Waals surface area contributed by atoms with E-state index in [1.54, 1.807) is 13.8 Å². The second-order valence-electron chi connectivity index (χ2n) is 6.04. The number of hydrogen-bond acceptors (Lipinski definition) is 3. The third-order valence-electron chi connectivity index (χ3n) is 4.08. The second kappa shape index (κ2) is 8.74. The fourth-order valence-corrected chi connectivity index (χ4v) is 4.20. The molecular weight excluding hydrogens is 393 g/mol. The van der Waals surface area contributed by atoms with Crippen LogP contribution in [0.4, 0.5) is 18.9 Å². The van der Waals surface area contributed by atoms with Crippen LogP contribution in [0, 0.1) is 0 Å². The molecule has 2 rings (SSSR count). The van der Waals surface area contributed by atoms with E-state index in [-0.39, 0.29) is 22.6 Å². The van der Waals surface area contributed by atoms with Crippen molar-refractivity contribution in [1.29, 1.82) is 0 Å². The smallest absolute Gasteiger partial charge is 0.326 e. The number of nitrogens with zero attached hydrogens (tertiary/aromatic N) is 1. The first-order chi connectivity index (χ1) is 13.1. The van der Waals surface area contributed by atoms with Crippen molar-refractivity contribution in [2.75, 3.05) is 18.4 Å². The van der Waals surface area contributed by atoms with Crippen LogP contribution in [-0.2, 0) is 27.4 Å². The first-order valence-electron chi connectivity index (χ1n) is 8.64. The Hall–Kier alpha value is -2.39. The van der Waals surface area contributed by atoms with Gasteiger partial charge in [-0.2, -0.15) is 17.5 Å². The highest BCUT2D eigenvalue weighted by atomic mass is 32.2. The van der Waals surface area contributed by atoms with E-state index in [0.29, 0.717) is 13.1 Å². The van der Waals surface area contributed by atoms with Crippen LogP contribution in [-0.4, -0.2) is 31.7 Å². The maximum Gasteiger partial charge on any atom is 0.416 e. The van der Waals surface area contributed by atoms with Gasteiger partial charge < -0.3 is 5.32 Å². The largest absolute Gasteiger partial charge is 0.416 e. The Bertz CT molecular complexity index is 939. The summed E-state index contributed by atoms with van der Waals surface area (Å²) in [6.45, 7) is 4.07. The van der Waals surface area contributed by atoms with Crippen molar-refractivity contribution in [2.45, 2.75) is 31.3 Å². The van der Waals surface area contributed by atoms with Crippen molar-refractivity contribution in [3.63, 3.8) is 0 Å². The van der Waals surface area contributed by atoms with Crippen LogP contribution in [0.1, 0.15) is 25.0 Å².